The summed E-state index contributed by atoms with van der Waals surface area (Å²) < 4.78 is 1.88. The molecule has 1 aromatic carbocycles. The van der Waals surface area contributed by atoms with E-state index in [2.05, 4.69) is 14.9 Å². The molecular weight excluding hydrogens is 446 g/mol. The maximum Gasteiger partial charge on any atom is 0.218 e. The number of pyridine rings is 1. The predicted molar refractivity (Wildman–Crippen MR) is 132 cm³/mol. The van der Waals surface area contributed by atoms with Gasteiger partial charge in [-0.2, -0.15) is 5.10 Å². The van der Waals surface area contributed by atoms with Gasteiger partial charge in [-0.1, -0.05) is 11.6 Å². The molecule has 8 nitrogen and oxygen atoms in total. The minimum absolute atomic E-state index is 0.118. The summed E-state index contributed by atoms with van der Waals surface area (Å²) in [5.74, 6) is 0. The van der Waals surface area contributed by atoms with E-state index < -0.39 is 6.10 Å². The quantitative estimate of drug-likeness (QED) is 0.227. The largest absolute Gasteiger partial charge is 0.393 e. The predicted octanol–water partition coefficient (Wildman–Crippen LogP) is 3.40. The zero-order valence-corrected chi connectivity index (χ0v) is 19.4. The van der Waals surface area contributed by atoms with E-state index >= 15 is 0 Å². The maximum atomic E-state index is 9.59. The number of hydrogen-bond acceptors (Lipinski definition) is 5. The lowest BCUT2D eigenvalue weighted by Crippen LogP contribution is -2.33. The van der Waals surface area contributed by atoms with E-state index in [1.807, 2.05) is 29.8 Å². The Morgan fingerprint density at radius 1 is 1.47 bits per heavy atom. The number of aromatic nitrogens is 3. The number of halogens is 1. The summed E-state index contributed by atoms with van der Waals surface area (Å²) in [6.07, 6.45) is 5.66. The maximum absolute atomic E-state index is 9.59. The molecule has 0 saturated carbocycles. The number of hydrogen-bond donors (Lipinski definition) is 2. The van der Waals surface area contributed by atoms with Crippen LogP contribution in [0.5, 0.6) is 0 Å². The van der Waals surface area contributed by atoms with Crippen molar-refractivity contribution in [3.05, 3.63) is 58.3 Å². The monoisotopic (exact) mass is 469 g/mol. The summed E-state index contributed by atoms with van der Waals surface area (Å²) in [5, 5.41) is 17.1. The third-order valence-corrected chi connectivity index (χ3v) is 5.49. The van der Waals surface area contributed by atoms with Crippen LogP contribution in [0.3, 0.4) is 0 Å². The standard InChI is InChI=1S/C22H24ClN7OS/c1-14(31)5-7-30(22(24)32)27-11-16-9-20(21-12-26-13-29(21)3)28-19-10-18(23)15(4-6-25-2)8-17(16)19/h8-14,31H,4-7H2,1,3H3,(H2,24,32)/b27-11+. The number of nitrogens with two attached hydrogens (primary N) is 1. The van der Waals surface area contributed by atoms with Crippen LogP contribution in [0.1, 0.15) is 24.5 Å². The van der Waals surface area contributed by atoms with Crippen molar-refractivity contribution in [1.82, 2.24) is 19.5 Å². The fraction of sp³-hybridized carbons (Fsp3) is 0.318. The number of aliphatic hydroxyl groups is 1. The SMILES string of the molecule is [C-]#[N+]CCc1cc2c(/C=N/N(CCC(C)O)C(N)=S)cc(-c3cncn3C)nc2cc1Cl. The van der Waals surface area contributed by atoms with Crippen LogP contribution in [0.2, 0.25) is 5.02 Å². The lowest BCUT2D eigenvalue weighted by molar-refractivity contribution is 0.173. The lowest BCUT2D eigenvalue weighted by Gasteiger charge is -2.17. The summed E-state index contributed by atoms with van der Waals surface area (Å²) in [7, 11) is 1.90. The highest BCUT2D eigenvalue weighted by Gasteiger charge is 2.14. The lowest BCUT2D eigenvalue weighted by atomic mass is 10.0. The molecule has 0 fully saturated rings. The molecule has 0 amide bonds. The molecule has 2 aromatic heterocycles. The Hall–Kier alpha value is -3.06. The molecule has 166 valence electrons. The van der Waals surface area contributed by atoms with E-state index in [0.29, 0.717) is 36.5 Å². The van der Waals surface area contributed by atoms with Crippen LogP contribution in [-0.4, -0.2) is 55.2 Å². The first-order chi connectivity index (χ1) is 15.3. The first kappa shape index (κ1) is 23.6. The van der Waals surface area contributed by atoms with Crippen molar-refractivity contribution in [2.24, 2.45) is 17.9 Å². The second-order valence-corrected chi connectivity index (χ2v) is 8.25. The molecule has 0 aliphatic heterocycles. The van der Waals surface area contributed by atoms with Crippen LogP contribution < -0.4 is 5.73 Å². The van der Waals surface area contributed by atoms with Gasteiger partial charge in [-0.25, -0.2) is 21.5 Å². The van der Waals surface area contributed by atoms with E-state index in [1.165, 1.54) is 5.01 Å². The van der Waals surface area contributed by atoms with E-state index in [1.54, 1.807) is 25.7 Å². The van der Waals surface area contributed by atoms with Gasteiger partial charge in [0, 0.05) is 36.0 Å². The van der Waals surface area contributed by atoms with Crippen LogP contribution in [0.15, 0.2) is 35.8 Å². The number of hydrazone groups is 1. The minimum atomic E-state index is -0.493. The van der Waals surface area contributed by atoms with Gasteiger partial charge in [0.2, 0.25) is 6.54 Å². The first-order valence-electron chi connectivity index (χ1n) is 10.0. The van der Waals surface area contributed by atoms with Gasteiger partial charge in [0.25, 0.3) is 0 Å². The Morgan fingerprint density at radius 2 is 2.25 bits per heavy atom. The fourth-order valence-corrected chi connectivity index (χ4v) is 3.59. The molecule has 0 spiro atoms. The smallest absolute Gasteiger partial charge is 0.218 e. The number of rotatable bonds is 8. The summed E-state index contributed by atoms with van der Waals surface area (Å²) in [5.41, 5.74) is 9.75. The van der Waals surface area contributed by atoms with Gasteiger partial charge in [-0.15, -0.1) is 0 Å². The highest BCUT2D eigenvalue weighted by atomic mass is 35.5. The van der Waals surface area contributed by atoms with Crippen molar-refractivity contribution in [2.45, 2.75) is 25.9 Å². The topological polar surface area (TPSA) is 96.9 Å². The molecule has 10 heteroatoms. The summed E-state index contributed by atoms with van der Waals surface area (Å²) in [4.78, 5) is 12.4. The molecule has 3 N–H and O–H groups in total. The Morgan fingerprint density at radius 3 is 2.88 bits per heavy atom. The average Bonchev–Trinajstić information content (AvgIpc) is 3.17. The van der Waals surface area contributed by atoms with Crippen LogP contribution in [0.4, 0.5) is 0 Å². The Bertz CT molecular complexity index is 1200. The van der Waals surface area contributed by atoms with Gasteiger partial charge < -0.3 is 20.3 Å². The molecule has 0 bridgehead atoms. The molecule has 3 aromatic rings. The average molecular weight is 470 g/mol. The van der Waals surface area contributed by atoms with E-state index in [9.17, 15) is 5.11 Å². The van der Waals surface area contributed by atoms with Gasteiger partial charge in [0.15, 0.2) is 5.11 Å². The molecule has 1 atom stereocenters. The van der Waals surface area contributed by atoms with Crippen molar-refractivity contribution in [1.29, 1.82) is 0 Å². The third kappa shape index (κ3) is 5.59. The Labute approximate surface area is 197 Å². The minimum Gasteiger partial charge on any atom is -0.393 e. The van der Waals surface area contributed by atoms with Crippen molar-refractivity contribution in [2.75, 3.05) is 13.1 Å². The molecule has 1 unspecified atom stereocenters. The van der Waals surface area contributed by atoms with Crippen LogP contribution >= 0.6 is 23.8 Å². The van der Waals surface area contributed by atoms with Gasteiger partial charge >= 0.3 is 0 Å². The fourth-order valence-electron chi connectivity index (χ4n) is 3.19. The third-order valence-electron chi connectivity index (χ3n) is 4.93. The zero-order valence-electron chi connectivity index (χ0n) is 17.9. The molecule has 0 aliphatic rings. The van der Waals surface area contributed by atoms with Crippen LogP contribution in [0.25, 0.3) is 27.1 Å². The Kier molecular flexibility index (Phi) is 7.75. The molecular formula is C22H24ClN7OS. The van der Waals surface area contributed by atoms with E-state index in [-0.39, 0.29) is 5.11 Å². The van der Waals surface area contributed by atoms with Crippen LogP contribution in [0, 0.1) is 6.57 Å². The summed E-state index contributed by atoms with van der Waals surface area (Å²) in [6.45, 7) is 9.52. The molecule has 32 heavy (non-hydrogen) atoms. The van der Waals surface area contributed by atoms with Crippen molar-refractivity contribution < 1.29 is 5.11 Å². The van der Waals surface area contributed by atoms with Crippen LogP contribution in [-0.2, 0) is 13.5 Å². The normalized spacial score (nSPS) is 12.2. The number of aryl methyl sites for hydroxylation is 1. The second-order valence-electron chi connectivity index (χ2n) is 7.42. The second kappa shape index (κ2) is 10.5. The summed E-state index contributed by atoms with van der Waals surface area (Å²) in [6, 6.07) is 5.68. The number of aliphatic hydroxyl groups excluding tert-OH is 1. The van der Waals surface area contributed by atoms with Crippen molar-refractivity contribution >= 4 is 46.0 Å². The van der Waals surface area contributed by atoms with Gasteiger partial charge in [0.1, 0.15) is 0 Å². The number of thiocarbonyl (C=S) groups is 1. The van der Waals surface area contributed by atoms with Gasteiger partial charge in [-0.05, 0) is 49.3 Å². The van der Waals surface area contributed by atoms with Gasteiger partial charge in [0.05, 0.1) is 41.7 Å². The number of fused-ring (bicyclic) bond motifs is 1. The number of nitrogens with zero attached hydrogens (tertiary/aromatic N) is 6. The molecule has 0 saturated heterocycles. The Balaban J connectivity index is 2.12. The molecule has 0 radical (unpaired) electrons. The molecule has 0 aliphatic carbocycles. The highest BCUT2D eigenvalue weighted by molar-refractivity contribution is 7.80. The highest BCUT2D eigenvalue weighted by Crippen LogP contribution is 2.29. The first-order valence-corrected chi connectivity index (χ1v) is 10.8. The van der Waals surface area contributed by atoms with E-state index in [4.69, 9.17) is 41.1 Å². The zero-order chi connectivity index (χ0) is 23.3. The van der Waals surface area contributed by atoms with Crippen molar-refractivity contribution in [3.63, 3.8) is 0 Å². The summed E-state index contributed by atoms with van der Waals surface area (Å²) >= 11 is 11.6. The molecule has 3 rings (SSSR count). The number of benzene rings is 1. The molecule has 2 heterocycles. The number of imidazole rings is 1. The van der Waals surface area contributed by atoms with E-state index in [0.717, 1.165) is 27.9 Å². The van der Waals surface area contributed by atoms with Gasteiger partial charge in [-0.3, -0.25) is 0 Å². The van der Waals surface area contributed by atoms with Crippen molar-refractivity contribution in [3.8, 4) is 11.4 Å².